The van der Waals surface area contributed by atoms with Gasteiger partial charge in [-0.25, -0.2) is 9.37 Å². The molecule has 0 N–H and O–H groups in total. The normalized spacial score (nSPS) is 12.4. The average molecular weight is 380 g/mol. The summed E-state index contributed by atoms with van der Waals surface area (Å²) in [5.74, 6) is -0.282. The highest BCUT2D eigenvalue weighted by Crippen LogP contribution is 2.34. The maximum Gasteiger partial charge on any atom is 0.269 e. The van der Waals surface area contributed by atoms with E-state index in [-0.39, 0.29) is 16.6 Å². The Morgan fingerprint density at radius 1 is 1.11 bits per heavy atom. The molecule has 1 unspecified atom stereocenters. The minimum absolute atomic E-state index is 0.0896. The molecule has 0 saturated carbocycles. The van der Waals surface area contributed by atoms with E-state index < -0.39 is 0 Å². The molecule has 0 radical (unpaired) electrons. The van der Waals surface area contributed by atoms with Crippen LogP contribution in [0.15, 0.2) is 70.7 Å². The molecule has 136 valence electrons. The Morgan fingerprint density at radius 2 is 1.89 bits per heavy atom. The monoisotopic (exact) mass is 380 g/mol. The van der Waals surface area contributed by atoms with E-state index in [4.69, 9.17) is 4.98 Å². The first-order chi connectivity index (χ1) is 13.0. The molecule has 0 amide bonds. The summed E-state index contributed by atoms with van der Waals surface area (Å²) < 4.78 is 16.8. The molecule has 2 aromatic heterocycles. The predicted octanol–water partition coefficient (Wildman–Crippen LogP) is 4.11. The Kier molecular flexibility index (Phi) is 4.53. The lowest BCUT2D eigenvalue weighted by Crippen LogP contribution is -2.22. The number of para-hydroxylation sites is 1. The molecule has 4 rings (SSSR count). The SMILES string of the molecule is CC(Sc1nc2c(cnn2C)c(=O)n1-c1ccccc1)c1cccc(F)c1. The van der Waals surface area contributed by atoms with Crippen LogP contribution >= 0.6 is 11.8 Å². The van der Waals surface area contributed by atoms with E-state index in [2.05, 4.69) is 5.10 Å². The molecule has 5 nitrogen and oxygen atoms in total. The van der Waals surface area contributed by atoms with E-state index in [1.807, 2.05) is 43.3 Å². The third-order valence-corrected chi connectivity index (χ3v) is 5.46. The van der Waals surface area contributed by atoms with E-state index in [1.165, 1.54) is 30.1 Å². The second-order valence-corrected chi connectivity index (χ2v) is 7.50. The predicted molar refractivity (Wildman–Crippen MR) is 105 cm³/mol. The van der Waals surface area contributed by atoms with E-state index >= 15 is 0 Å². The van der Waals surface area contributed by atoms with Crippen LogP contribution in [0.2, 0.25) is 0 Å². The molecule has 27 heavy (non-hydrogen) atoms. The Labute approximate surface area is 159 Å². The van der Waals surface area contributed by atoms with Gasteiger partial charge in [0, 0.05) is 12.3 Å². The second kappa shape index (κ2) is 7.00. The fourth-order valence-electron chi connectivity index (χ4n) is 2.93. The number of aromatic nitrogens is 4. The lowest BCUT2D eigenvalue weighted by atomic mass is 10.2. The van der Waals surface area contributed by atoms with E-state index in [1.54, 1.807) is 22.4 Å². The van der Waals surface area contributed by atoms with E-state index in [0.717, 1.165) is 11.3 Å². The van der Waals surface area contributed by atoms with Crippen LogP contribution in [-0.2, 0) is 7.05 Å². The fraction of sp³-hybridized carbons (Fsp3) is 0.150. The van der Waals surface area contributed by atoms with Crippen molar-refractivity contribution >= 4 is 22.8 Å². The zero-order valence-corrected chi connectivity index (χ0v) is 15.7. The van der Waals surface area contributed by atoms with Gasteiger partial charge in [-0.05, 0) is 36.8 Å². The van der Waals surface area contributed by atoms with Crippen molar-refractivity contribution in [1.29, 1.82) is 0 Å². The van der Waals surface area contributed by atoms with Crippen molar-refractivity contribution in [2.24, 2.45) is 7.05 Å². The first kappa shape index (κ1) is 17.5. The number of halogens is 1. The Morgan fingerprint density at radius 3 is 2.63 bits per heavy atom. The van der Waals surface area contributed by atoms with Gasteiger partial charge in [0.25, 0.3) is 5.56 Å². The van der Waals surface area contributed by atoms with Crippen molar-refractivity contribution in [2.75, 3.05) is 0 Å². The molecule has 0 fully saturated rings. The van der Waals surface area contributed by atoms with Gasteiger partial charge in [-0.1, -0.05) is 42.1 Å². The van der Waals surface area contributed by atoms with Crippen LogP contribution in [0.4, 0.5) is 4.39 Å². The van der Waals surface area contributed by atoms with Crippen LogP contribution in [-0.4, -0.2) is 19.3 Å². The third-order valence-electron chi connectivity index (χ3n) is 4.35. The topological polar surface area (TPSA) is 52.7 Å². The largest absolute Gasteiger partial charge is 0.269 e. The van der Waals surface area contributed by atoms with Gasteiger partial charge in [-0.3, -0.25) is 14.0 Å². The highest BCUT2D eigenvalue weighted by Gasteiger charge is 2.19. The third kappa shape index (κ3) is 3.26. The molecule has 4 aromatic rings. The summed E-state index contributed by atoms with van der Waals surface area (Å²) in [4.78, 5) is 17.8. The van der Waals surface area contributed by atoms with Gasteiger partial charge in [0.05, 0.1) is 11.9 Å². The smallest absolute Gasteiger partial charge is 0.268 e. The number of aryl methyl sites for hydroxylation is 1. The van der Waals surface area contributed by atoms with Crippen molar-refractivity contribution < 1.29 is 4.39 Å². The molecule has 0 aliphatic rings. The van der Waals surface area contributed by atoms with Crippen LogP contribution in [0.1, 0.15) is 17.7 Å². The van der Waals surface area contributed by atoms with Gasteiger partial charge in [-0.15, -0.1) is 0 Å². The number of nitrogens with zero attached hydrogens (tertiary/aromatic N) is 4. The Bertz CT molecular complexity index is 1170. The molecule has 0 spiro atoms. The number of benzene rings is 2. The van der Waals surface area contributed by atoms with Gasteiger partial charge >= 0.3 is 0 Å². The molecular formula is C20H17FN4OS. The lowest BCUT2D eigenvalue weighted by molar-refractivity contribution is 0.625. The number of hydrogen-bond acceptors (Lipinski definition) is 4. The van der Waals surface area contributed by atoms with E-state index in [9.17, 15) is 9.18 Å². The van der Waals surface area contributed by atoms with Crippen LogP contribution in [0.25, 0.3) is 16.7 Å². The summed E-state index contributed by atoms with van der Waals surface area (Å²) in [6.45, 7) is 1.97. The minimum atomic E-state index is -0.282. The van der Waals surface area contributed by atoms with Crippen molar-refractivity contribution in [3.05, 3.63) is 82.5 Å². The molecule has 0 aliphatic carbocycles. The summed E-state index contributed by atoms with van der Waals surface area (Å²) in [6.07, 6.45) is 1.54. The Hall–Kier alpha value is -2.93. The average Bonchev–Trinajstić information content (AvgIpc) is 3.04. The highest BCUT2D eigenvalue weighted by molar-refractivity contribution is 7.99. The summed E-state index contributed by atoms with van der Waals surface area (Å²) in [6, 6.07) is 15.8. The van der Waals surface area contributed by atoms with Crippen molar-refractivity contribution in [3.63, 3.8) is 0 Å². The zero-order chi connectivity index (χ0) is 19.0. The summed E-state index contributed by atoms with van der Waals surface area (Å²) in [7, 11) is 1.76. The summed E-state index contributed by atoms with van der Waals surface area (Å²) in [5.41, 5.74) is 1.92. The molecular weight excluding hydrogens is 363 g/mol. The maximum atomic E-state index is 13.6. The molecule has 2 heterocycles. The van der Waals surface area contributed by atoms with E-state index in [0.29, 0.717) is 16.2 Å². The number of thioether (sulfide) groups is 1. The quantitative estimate of drug-likeness (QED) is 0.395. The molecule has 0 bridgehead atoms. The standard InChI is InChI=1S/C20H17FN4OS/c1-13(14-7-6-8-15(21)11-14)27-20-23-18-17(12-22-24(18)2)19(26)25(20)16-9-4-3-5-10-16/h3-13H,1-2H3. The lowest BCUT2D eigenvalue weighted by Gasteiger charge is -2.16. The fourth-order valence-corrected chi connectivity index (χ4v) is 3.96. The first-order valence-corrected chi connectivity index (χ1v) is 9.35. The number of fused-ring (bicyclic) bond motifs is 1. The Balaban J connectivity index is 1.88. The van der Waals surface area contributed by atoms with Gasteiger partial charge in [0.15, 0.2) is 10.8 Å². The first-order valence-electron chi connectivity index (χ1n) is 8.47. The molecule has 2 aromatic carbocycles. The summed E-state index contributed by atoms with van der Waals surface area (Å²) in [5, 5.41) is 5.08. The highest BCUT2D eigenvalue weighted by atomic mass is 32.2. The van der Waals surface area contributed by atoms with Crippen LogP contribution in [0.3, 0.4) is 0 Å². The van der Waals surface area contributed by atoms with Crippen molar-refractivity contribution in [1.82, 2.24) is 19.3 Å². The molecule has 0 saturated heterocycles. The van der Waals surface area contributed by atoms with Gasteiger partial charge in [0.2, 0.25) is 0 Å². The van der Waals surface area contributed by atoms with Crippen LogP contribution < -0.4 is 5.56 Å². The van der Waals surface area contributed by atoms with Gasteiger partial charge in [0.1, 0.15) is 11.2 Å². The summed E-state index contributed by atoms with van der Waals surface area (Å²) >= 11 is 1.41. The maximum absolute atomic E-state index is 13.6. The van der Waals surface area contributed by atoms with Crippen molar-refractivity contribution in [2.45, 2.75) is 17.3 Å². The van der Waals surface area contributed by atoms with Gasteiger partial charge in [-0.2, -0.15) is 5.10 Å². The zero-order valence-electron chi connectivity index (χ0n) is 14.8. The second-order valence-electron chi connectivity index (χ2n) is 6.19. The minimum Gasteiger partial charge on any atom is -0.268 e. The number of hydrogen-bond donors (Lipinski definition) is 0. The molecule has 7 heteroatoms. The van der Waals surface area contributed by atoms with Crippen LogP contribution in [0, 0.1) is 5.82 Å². The molecule has 1 atom stereocenters. The van der Waals surface area contributed by atoms with Crippen molar-refractivity contribution in [3.8, 4) is 5.69 Å². The van der Waals surface area contributed by atoms with Crippen LogP contribution in [0.5, 0.6) is 0 Å². The van der Waals surface area contributed by atoms with Gasteiger partial charge < -0.3 is 0 Å². The number of rotatable bonds is 4. The molecule has 0 aliphatic heterocycles.